The van der Waals surface area contributed by atoms with Crippen LogP contribution >= 0.6 is 0 Å². The summed E-state index contributed by atoms with van der Waals surface area (Å²) in [6, 6.07) is 0.375. The molecule has 3 saturated carbocycles. The normalized spacial score (nSPS) is 22.7. The maximum absolute atomic E-state index is 12.6. The van der Waals surface area contributed by atoms with Gasteiger partial charge in [0.2, 0.25) is 11.8 Å². The van der Waals surface area contributed by atoms with E-state index in [0.717, 1.165) is 44.1 Å². The van der Waals surface area contributed by atoms with Crippen LogP contribution in [0, 0.1) is 17.8 Å². The fourth-order valence-corrected chi connectivity index (χ4v) is 5.87. The number of allylic oxidation sites excluding steroid dienone is 1. The van der Waals surface area contributed by atoms with Crippen LogP contribution in [0.4, 0.5) is 0 Å². The van der Waals surface area contributed by atoms with Gasteiger partial charge >= 0.3 is 0 Å². The van der Waals surface area contributed by atoms with Crippen molar-refractivity contribution in [2.24, 2.45) is 17.8 Å². The molecule has 3 N–H and O–H groups in total. The molecule has 0 heterocycles. The minimum Gasteiger partial charge on any atom is -0.367 e. The highest BCUT2D eigenvalue weighted by Crippen LogP contribution is 2.42. The molecule has 0 spiro atoms. The lowest BCUT2D eigenvalue weighted by molar-refractivity contribution is -0.126. The van der Waals surface area contributed by atoms with E-state index >= 15 is 0 Å². The van der Waals surface area contributed by atoms with Crippen molar-refractivity contribution < 1.29 is 9.59 Å². The Labute approximate surface area is 208 Å². The second-order valence-corrected chi connectivity index (χ2v) is 11.0. The first-order chi connectivity index (χ1) is 16.5. The van der Waals surface area contributed by atoms with Crippen LogP contribution in [0.5, 0.6) is 0 Å². The standard InChI is InChI=1S/C28H50N4O2/c1-4-9-21-10-6-7-11-22(21)12-8-18-29-25(33)19-31-26(34)20-32(3)28(24-15-16-24)27(23-13-14-23)30-17-5-2/h21-23,27,30H,4-20H2,1-3H3,(H,29,33)(H,31,34). The third-order valence-electron chi connectivity index (χ3n) is 7.90. The predicted molar refractivity (Wildman–Crippen MR) is 139 cm³/mol. The number of rotatable bonds is 16. The van der Waals surface area contributed by atoms with Crippen molar-refractivity contribution in [3.63, 3.8) is 0 Å². The summed E-state index contributed by atoms with van der Waals surface area (Å²) in [5, 5.41) is 9.56. The lowest BCUT2D eigenvalue weighted by Gasteiger charge is -2.31. The van der Waals surface area contributed by atoms with E-state index in [2.05, 4.69) is 34.7 Å². The van der Waals surface area contributed by atoms with E-state index in [1.165, 1.54) is 69.1 Å². The number of nitrogens with one attached hydrogen (secondary N) is 3. The summed E-state index contributed by atoms with van der Waals surface area (Å²) >= 11 is 0. The predicted octanol–water partition coefficient (Wildman–Crippen LogP) is 4.36. The van der Waals surface area contributed by atoms with E-state index < -0.39 is 0 Å². The quantitative estimate of drug-likeness (QED) is 0.291. The van der Waals surface area contributed by atoms with Gasteiger partial charge in [-0.15, -0.1) is 0 Å². The van der Waals surface area contributed by atoms with Gasteiger partial charge in [-0.1, -0.05) is 52.4 Å². The van der Waals surface area contributed by atoms with Crippen molar-refractivity contribution in [2.75, 3.05) is 33.2 Å². The van der Waals surface area contributed by atoms with Gasteiger partial charge in [-0.3, -0.25) is 9.59 Å². The van der Waals surface area contributed by atoms with Gasteiger partial charge in [-0.2, -0.15) is 0 Å². The fourth-order valence-electron chi connectivity index (χ4n) is 5.87. The highest BCUT2D eigenvalue weighted by Gasteiger charge is 2.38. The first-order valence-corrected chi connectivity index (χ1v) is 14.2. The van der Waals surface area contributed by atoms with Gasteiger partial charge in [-0.05, 0) is 74.8 Å². The molecule has 0 saturated heterocycles. The van der Waals surface area contributed by atoms with Gasteiger partial charge in [0.05, 0.1) is 13.1 Å². The molecule has 3 fully saturated rings. The van der Waals surface area contributed by atoms with E-state index in [1.54, 1.807) is 0 Å². The molecule has 0 aromatic heterocycles. The van der Waals surface area contributed by atoms with E-state index in [9.17, 15) is 9.59 Å². The van der Waals surface area contributed by atoms with Crippen LogP contribution in [0.3, 0.4) is 0 Å². The topological polar surface area (TPSA) is 73.5 Å². The molecule has 3 atom stereocenters. The molecule has 3 aliphatic rings. The van der Waals surface area contributed by atoms with Crippen LogP contribution in [0.1, 0.15) is 97.3 Å². The number of carbonyl (C=O) groups is 2. The van der Waals surface area contributed by atoms with Crippen molar-refractivity contribution >= 4 is 11.8 Å². The Kier molecular flexibility index (Phi) is 11.2. The van der Waals surface area contributed by atoms with Gasteiger partial charge in [0.15, 0.2) is 0 Å². The van der Waals surface area contributed by atoms with E-state index in [4.69, 9.17) is 0 Å². The Balaban J connectivity index is 1.34. The Morgan fingerprint density at radius 1 is 0.912 bits per heavy atom. The Hall–Kier alpha value is -1.56. The summed E-state index contributed by atoms with van der Waals surface area (Å²) in [6.07, 6.45) is 16.4. The maximum Gasteiger partial charge on any atom is 0.239 e. The third kappa shape index (κ3) is 8.90. The van der Waals surface area contributed by atoms with Gasteiger partial charge in [0.25, 0.3) is 0 Å². The molecule has 0 aliphatic heterocycles. The SMILES string of the molecule is CCCNC(C(=C1CC1)N(C)CC(=O)NCC(=O)NCCCC1CCCCC1CCC)C1CC1. The smallest absolute Gasteiger partial charge is 0.239 e. The number of hydrogen-bond acceptors (Lipinski definition) is 4. The average Bonchev–Trinajstić information content (AvgIpc) is 3.73. The molecule has 3 aliphatic carbocycles. The van der Waals surface area contributed by atoms with Gasteiger partial charge in [0, 0.05) is 25.3 Å². The lowest BCUT2D eigenvalue weighted by Crippen LogP contribution is -2.45. The van der Waals surface area contributed by atoms with Crippen LogP contribution in [-0.2, 0) is 9.59 Å². The molecule has 0 aromatic rings. The van der Waals surface area contributed by atoms with Gasteiger partial charge in [0.1, 0.15) is 0 Å². The molecule has 194 valence electrons. The lowest BCUT2D eigenvalue weighted by atomic mass is 9.75. The highest BCUT2D eigenvalue weighted by atomic mass is 16.2. The first-order valence-electron chi connectivity index (χ1n) is 14.2. The van der Waals surface area contributed by atoms with Crippen molar-refractivity contribution in [3.05, 3.63) is 11.3 Å². The van der Waals surface area contributed by atoms with Crippen molar-refractivity contribution in [3.8, 4) is 0 Å². The molecule has 6 nitrogen and oxygen atoms in total. The molecule has 34 heavy (non-hydrogen) atoms. The zero-order valence-corrected chi connectivity index (χ0v) is 22.1. The zero-order valence-electron chi connectivity index (χ0n) is 22.1. The number of nitrogens with zero attached hydrogens (tertiary/aromatic N) is 1. The number of carbonyl (C=O) groups excluding carboxylic acids is 2. The van der Waals surface area contributed by atoms with Crippen LogP contribution in [-0.4, -0.2) is 56.0 Å². The largest absolute Gasteiger partial charge is 0.367 e. The molecule has 0 aromatic carbocycles. The van der Waals surface area contributed by atoms with Crippen LogP contribution in [0.15, 0.2) is 11.3 Å². The van der Waals surface area contributed by atoms with Crippen molar-refractivity contribution in [1.82, 2.24) is 20.9 Å². The summed E-state index contributed by atoms with van der Waals surface area (Å²) in [5.41, 5.74) is 2.83. The molecule has 0 bridgehead atoms. The van der Waals surface area contributed by atoms with E-state index in [1.807, 2.05) is 7.05 Å². The molecule has 0 radical (unpaired) electrons. The molecule has 6 heteroatoms. The van der Waals surface area contributed by atoms with Crippen LogP contribution in [0.25, 0.3) is 0 Å². The second kappa shape index (κ2) is 14.1. The number of likely N-dealkylation sites (N-methyl/N-ethyl adjacent to an activating group) is 1. The maximum atomic E-state index is 12.6. The monoisotopic (exact) mass is 474 g/mol. The van der Waals surface area contributed by atoms with Crippen molar-refractivity contribution in [1.29, 1.82) is 0 Å². The molecular formula is C28H50N4O2. The Morgan fingerprint density at radius 2 is 1.62 bits per heavy atom. The minimum absolute atomic E-state index is 0.0700. The molecule has 3 rings (SSSR count). The Bertz CT molecular complexity index is 680. The summed E-state index contributed by atoms with van der Waals surface area (Å²) in [4.78, 5) is 27.0. The summed E-state index contributed by atoms with van der Waals surface area (Å²) < 4.78 is 0. The fraction of sp³-hybridized carbons (Fsp3) is 0.857. The van der Waals surface area contributed by atoms with Gasteiger partial charge < -0.3 is 20.9 Å². The zero-order chi connectivity index (χ0) is 24.3. The van der Waals surface area contributed by atoms with Crippen LogP contribution < -0.4 is 16.0 Å². The average molecular weight is 475 g/mol. The van der Waals surface area contributed by atoms with Crippen LogP contribution in [0.2, 0.25) is 0 Å². The minimum atomic E-state index is -0.0778. The van der Waals surface area contributed by atoms with E-state index in [-0.39, 0.29) is 18.4 Å². The van der Waals surface area contributed by atoms with Gasteiger partial charge in [-0.25, -0.2) is 0 Å². The first kappa shape index (κ1) is 27.0. The summed E-state index contributed by atoms with van der Waals surface area (Å²) in [5.74, 6) is 2.27. The highest BCUT2D eigenvalue weighted by molar-refractivity contribution is 5.85. The molecule has 3 unspecified atom stereocenters. The van der Waals surface area contributed by atoms with Crippen molar-refractivity contribution in [2.45, 2.75) is 103 Å². The van der Waals surface area contributed by atoms with E-state index in [0.29, 0.717) is 25.0 Å². The Morgan fingerprint density at radius 3 is 2.24 bits per heavy atom. The number of hydrogen-bond donors (Lipinski definition) is 3. The molecule has 2 amide bonds. The summed E-state index contributed by atoms with van der Waals surface area (Å²) in [7, 11) is 2.03. The second-order valence-electron chi connectivity index (χ2n) is 11.0. The third-order valence-corrected chi connectivity index (χ3v) is 7.90. The molecular weight excluding hydrogens is 424 g/mol. The number of amides is 2. The summed E-state index contributed by atoms with van der Waals surface area (Å²) in [6.45, 7) is 6.59.